The molecule has 0 aliphatic carbocycles. The Balaban J connectivity index is 2.35. The minimum Gasteiger partial charge on any atom is -0.480 e. The maximum Gasteiger partial charge on any atom is 0.325 e. The number of nitrogens with one attached hydrogen (secondary N) is 1. The van der Waals surface area contributed by atoms with Crippen LogP contribution in [0.2, 0.25) is 5.02 Å². The van der Waals surface area contributed by atoms with Crippen molar-refractivity contribution in [2.24, 2.45) is 0 Å². The van der Waals surface area contributed by atoms with Crippen molar-refractivity contribution < 1.29 is 14.7 Å². The first-order chi connectivity index (χ1) is 10.4. The predicted octanol–water partition coefficient (Wildman–Crippen LogP) is 1.69. The minimum atomic E-state index is -1.12. The third-order valence-corrected chi connectivity index (χ3v) is 3.32. The summed E-state index contributed by atoms with van der Waals surface area (Å²) < 4.78 is 1.52. The summed E-state index contributed by atoms with van der Waals surface area (Å²) in [5, 5.41) is 19.6. The van der Waals surface area contributed by atoms with E-state index in [1.165, 1.54) is 11.6 Å². The number of benzene rings is 1. The van der Waals surface area contributed by atoms with Crippen LogP contribution in [0.4, 0.5) is 0 Å². The van der Waals surface area contributed by atoms with E-state index in [0.29, 0.717) is 22.8 Å². The highest BCUT2D eigenvalue weighted by Crippen LogP contribution is 2.17. The molecular weight excluding hydrogens is 308 g/mol. The maximum absolute atomic E-state index is 12.1. The van der Waals surface area contributed by atoms with Gasteiger partial charge in [-0.15, -0.1) is 5.10 Å². The lowest BCUT2D eigenvalue weighted by molar-refractivity contribution is -0.138. The van der Waals surface area contributed by atoms with E-state index in [2.05, 4.69) is 15.6 Å². The van der Waals surface area contributed by atoms with E-state index >= 15 is 0 Å². The third kappa shape index (κ3) is 3.25. The highest BCUT2D eigenvalue weighted by Gasteiger charge is 2.22. The van der Waals surface area contributed by atoms with Crippen LogP contribution in [-0.4, -0.2) is 38.0 Å². The average molecular weight is 323 g/mol. The highest BCUT2D eigenvalue weighted by molar-refractivity contribution is 6.30. The van der Waals surface area contributed by atoms with Crippen LogP contribution in [0.5, 0.6) is 0 Å². The number of amides is 1. The molecule has 7 nitrogen and oxygen atoms in total. The molecule has 8 heteroatoms. The Morgan fingerprint density at radius 2 is 2.18 bits per heavy atom. The summed E-state index contributed by atoms with van der Waals surface area (Å²) in [6.07, 6.45) is 0.504. The molecule has 1 amide bonds. The van der Waals surface area contributed by atoms with Crippen LogP contribution in [0.3, 0.4) is 0 Å². The number of nitrogens with zero attached hydrogens (tertiary/aromatic N) is 3. The van der Waals surface area contributed by atoms with Gasteiger partial charge < -0.3 is 10.4 Å². The van der Waals surface area contributed by atoms with E-state index in [-0.39, 0.29) is 5.69 Å². The van der Waals surface area contributed by atoms with Crippen LogP contribution < -0.4 is 5.32 Å². The number of hydrogen-bond donors (Lipinski definition) is 2. The molecule has 2 N–H and O–H groups in total. The summed E-state index contributed by atoms with van der Waals surface area (Å²) >= 11 is 5.96. The van der Waals surface area contributed by atoms with Crippen molar-refractivity contribution in [3.05, 3.63) is 40.7 Å². The average Bonchev–Trinajstić information content (AvgIpc) is 2.90. The molecular formula is C14H15ClN4O3. The molecule has 0 spiro atoms. The number of aromatic nitrogens is 3. The number of aliphatic carboxylic acids is 1. The Morgan fingerprint density at radius 3 is 2.77 bits per heavy atom. The molecule has 1 aromatic heterocycles. The zero-order valence-electron chi connectivity index (χ0n) is 12.1. The Kier molecular flexibility index (Phi) is 4.77. The fraction of sp³-hybridized carbons (Fsp3) is 0.286. The van der Waals surface area contributed by atoms with Crippen LogP contribution in [0, 0.1) is 0 Å². The molecule has 0 unspecified atom stereocenters. The third-order valence-electron chi connectivity index (χ3n) is 3.08. The van der Waals surface area contributed by atoms with Crippen LogP contribution in [0.15, 0.2) is 24.3 Å². The quantitative estimate of drug-likeness (QED) is 0.873. The minimum absolute atomic E-state index is 0.107. The number of rotatable bonds is 5. The van der Waals surface area contributed by atoms with Crippen molar-refractivity contribution in [3.8, 4) is 5.69 Å². The molecule has 0 radical (unpaired) electrons. The molecule has 1 aromatic carbocycles. The SMILES string of the molecule is CCc1c(C(=O)N[C@@H](C)C(=O)O)nnn1-c1cccc(Cl)c1. The van der Waals surface area contributed by atoms with Gasteiger partial charge in [-0.25, -0.2) is 4.68 Å². The number of halogens is 1. The maximum atomic E-state index is 12.1. The van der Waals surface area contributed by atoms with Gasteiger partial charge in [-0.05, 0) is 31.5 Å². The summed E-state index contributed by atoms with van der Waals surface area (Å²) in [5.74, 6) is -1.69. The summed E-state index contributed by atoms with van der Waals surface area (Å²) in [6.45, 7) is 3.24. The lowest BCUT2D eigenvalue weighted by atomic mass is 10.2. The molecule has 116 valence electrons. The van der Waals surface area contributed by atoms with E-state index in [9.17, 15) is 9.59 Å². The van der Waals surface area contributed by atoms with Gasteiger partial charge in [0.25, 0.3) is 5.91 Å². The van der Waals surface area contributed by atoms with Crippen molar-refractivity contribution in [2.45, 2.75) is 26.3 Å². The van der Waals surface area contributed by atoms with Crippen molar-refractivity contribution in [1.82, 2.24) is 20.3 Å². The number of carbonyl (C=O) groups excluding carboxylic acids is 1. The summed E-state index contributed by atoms with van der Waals surface area (Å²) in [5.41, 5.74) is 1.37. The van der Waals surface area contributed by atoms with E-state index < -0.39 is 17.9 Å². The normalized spacial score (nSPS) is 12.0. The molecule has 0 fully saturated rings. The Labute approximate surface area is 131 Å². The van der Waals surface area contributed by atoms with E-state index in [1.807, 2.05) is 6.92 Å². The molecule has 2 rings (SSSR count). The molecule has 1 atom stereocenters. The van der Waals surface area contributed by atoms with Gasteiger partial charge in [0.15, 0.2) is 5.69 Å². The Morgan fingerprint density at radius 1 is 1.45 bits per heavy atom. The zero-order chi connectivity index (χ0) is 16.3. The van der Waals surface area contributed by atoms with Crippen LogP contribution >= 0.6 is 11.6 Å². The lowest BCUT2D eigenvalue weighted by Gasteiger charge is -2.09. The highest BCUT2D eigenvalue weighted by atomic mass is 35.5. The van der Waals surface area contributed by atoms with Crippen molar-refractivity contribution in [3.63, 3.8) is 0 Å². The summed E-state index contributed by atoms with van der Waals surface area (Å²) in [7, 11) is 0. The summed E-state index contributed by atoms with van der Waals surface area (Å²) in [4.78, 5) is 22.9. The second-order valence-electron chi connectivity index (χ2n) is 4.66. The van der Waals surface area contributed by atoms with E-state index in [0.717, 1.165) is 0 Å². The van der Waals surface area contributed by atoms with E-state index in [4.69, 9.17) is 16.7 Å². The van der Waals surface area contributed by atoms with E-state index in [1.54, 1.807) is 24.3 Å². The monoisotopic (exact) mass is 322 g/mol. The van der Waals surface area contributed by atoms with Gasteiger partial charge in [-0.3, -0.25) is 9.59 Å². The van der Waals surface area contributed by atoms with Crippen molar-refractivity contribution >= 4 is 23.5 Å². The van der Waals surface area contributed by atoms with Crippen molar-refractivity contribution in [1.29, 1.82) is 0 Å². The van der Waals surface area contributed by atoms with Crippen molar-refractivity contribution in [2.75, 3.05) is 0 Å². The van der Waals surface area contributed by atoms with Crippen LogP contribution in [-0.2, 0) is 11.2 Å². The predicted molar refractivity (Wildman–Crippen MR) is 80.3 cm³/mol. The van der Waals surface area contributed by atoms with Gasteiger partial charge in [-0.2, -0.15) is 0 Å². The van der Waals surface area contributed by atoms with Gasteiger partial charge >= 0.3 is 5.97 Å². The topological polar surface area (TPSA) is 97.1 Å². The first-order valence-corrected chi connectivity index (χ1v) is 7.06. The van der Waals surface area contributed by atoms with Crippen LogP contribution in [0.25, 0.3) is 5.69 Å². The van der Waals surface area contributed by atoms with Crippen LogP contribution in [0.1, 0.15) is 30.0 Å². The fourth-order valence-electron chi connectivity index (χ4n) is 1.94. The van der Waals surface area contributed by atoms with Gasteiger partial charge in [0, 0.05) is 5.02 Å². The number of carboxylic acids is 1. The number of carbonyl (C=O) groups is 2. The molecule has 0 bridgehead atoms. The summed E-state index contributed by atoms with van der Waals surface area (Å²) in [6, 6.07) is 5.99. The molecule has 1 heterocycles. The second-order valence-corrected chi connectivity index (χ2v) is 5.10. The molecule has 0 aliphatic heterocycles. The molecule has 22 heavy (non-hydrogen) atoms. The lowest BCUT2D eigenvalue weighted by Crippen LogP contribution is -2.38. The standard InChI is InChI=1S/C14H15ClN4O3/c1-3-11-12(13(20)16-8(2)14(21)22)17-18-19(11)10-6-4-5-9(15)7-10/h4-8H,3H2,1-2H3,(H,16,20)(H,21,22)/t8-/m0/s1. The number of carboxylic acid groups (broad SMARTS) is 1. The zero-order valence-corrected chi connectivity index (χ0v) is 12.8. The molecule has 0 saturated heterocycles. The van der Waals surface area contributed by atoms with Gasteiger partial charge in [0.2, 0.25) is 0 Å². The first-order valence-electron chi connectivity index (χ1n) is 6.68. The molecule has 0 saturated carbocycles. The largest absolute Gasteiger partial charge is 0.480 e. The Hall–Kier alpha value is -2.41. The van der Waals surface area contributed by atoms with Gasteiger partial charge in [-0.1, -0.05) is 29.8 Å². The molecule has 0 aliphatic rings. The first kappa shape index (κ1) is 16.0. The molecule has 2 aromatic rings. The Bertz CT molecular complexity index is 714. The fourth-order valence-corrected chi connectivity index (χ4v) is 2.12. The second kappa shape index (κ2) is 6.57. The van der Waals surface area contributed by atoms with Gasteiger partial charge in [0.05, 0.1) is 11.4 Å². The van der Waals surface area contributed by atoms with Gasteiger partial charge in [0.1, 0.15) is 6.04 Å². The number of hydrogen-bond acceptors (Lipinski definition) is 4. The smallest absolute Gasteiger partial charge is 0.325 e.